The maximum absolute atomic E-state index is 12.0. The molecule has 1 heterocycles. The number of nitrogens with zero attached hydrogens (tertiary/aromatic N) is 1. The van der Waals surface area contributed by atoms with Crippen LogP contribution in [0.5, 0.6) is 0 Å². The molecule has 0 aliphatic rings. The van der Waals surface area contributed by atoms with Crippen molar-refractivity contribution >= 4 is 34.4 Å². The molecule has 0 saturated heterocycles. The molecular formula is C23H24ClNO5. The number of ether oxygens (including phenoxy) is 2. The van der Waals surface area contributed by atoms with Gasteiger partial charge in [-0.25, -0.2) is 4.79 Å². The molecular weight excluding hydrogens is 406 g/mol. The minimum absolute atomic E-state index is 0.139. The van der Waals surface area contributed by atoms with Crippen LogP contribution in [0.4, 0.5) is 0 Å². The van der Waals surface area contributed by atoms with Crippen LogP contribution in [-0.4, -0.2) is 40.2 Å². The van der Waals surface area contributed by atoms with Crippen molar-refractivity contribution in [3.63, 3.8) is 0 Å². The number of carbonyl (C=O) groups excluding carboxylic acids is 1. The molecule has 1 aromatic heterocycles. The van der Waals surface area contributed by atoms with Gasteiger partial charge in [0.25, 0.3) is 0 Å². The Morgan fingerprint density at radius 1 is 1.03 bits per heavy atom. The van der Waals surface area contributed by atoms with E-state index in [0.29, 0.717) is 32.6 Å². The van der Waals surface area contributed by atoms with Crippen LogP contribution in [-0.2, 0) is 27.4 Å². The Morgan fingerprint density at radius 3 is 2.53 bits per heavy atom. The van der Waals surface area contributed by atoms with E-state index in [4.69, 9.17) is 21.1 Å². The molecule has 158 valence electrons. The second kappa shape index (κ2) is 10.8. The van der Waals surface area contributed by atoms with Crippen molar-refractivity contribution in [2.45, 2.75) is 31.4 Å². The number of esters is 1. The fraction of sp³-hybridized carbons (Fsp3) is 0.304. The quantitative estimate of drug-likeness (QED) is 0.276. The van der Waals surface area contributed by atoms with Gasteiger partial charge in [-0.2, -0.15) is 0 Å². The zero-order chi connectivity index (χ0) is 21.3. The molecule has 2 aromatic carbocycles. The maximum atomic E-state index is 12.0. The number of halogens is 1. The van der Waals surface area contributed by atoms with Crippen molar-refractivity contribution in [1.82, 2.24) is 4.57 Å². The first kappa shape index (κ1) is 21.9. The number of carboxylic acid groups (broad SMARTS) is 1. The average Bonchev–Trinajstić information content (AvgIpc) is 3.13. The van der Waals surface area contributed by atoms with E-state index in [1.807, 2.05) is 54.6 Å². The number of aromatic nitrogens is 1. The number of fused-ring (bicyclic) bond motifs is 1. The molecule has 1 N–H and O–H groups in total. The Morgan fingerprint density at radius 2 is 1.77 bits per heavy atom. The van der Waals surface area contributed by atoms with Crippen LogP contribution in [0, 0.1) is 0 Å². The van der Waals surface area contributed by atoms with Gasteiger partial charge in [0.15, 0.2) is 0 Å². The lowest BCUT2D eigenvalue weighted by Crippen LogP contribution is -2.21. The van der Waals surface area contributed by atoms with Crippen molar-refractivity contribution in [3.8, 4) is 0 Å². The van der Waals surface area contributed by atoms with Crippen LogP contribution in [0.1, 0.15) is 28.9 Å². The van der Waals surface area contributed by atoms with Gasteiger partial charge in [0.2, 0.25) is 0 Å². The van der Waals surface area contributed by atoms with E-state index in [1.165, 1.54) is 0 Å². The van der Waals surface area contributed by atoms with E-state index in [9.17, 15) is 14.7 Å². The Hall–Kier alpha value is -2.83. The van der Waals surface area contributed by atoms with Crippen molar-refractivity contribution in [1.29, 1.82) is 0 Å². The second-order valence-electron chi connectivity index (χ2n) is 6.86. The molecule has 1 atom stereocenters. The van der Waals surface area contributed by atoms with Crippen LogP contribution in [0.2, 0.25) is 0 Å². The number of hydrogen-bond acceptors (Lipinski definition) is 4. The highest BCUT2D eigenvalue weighted by Gasteiger charge is 2.18. The fourth-order valence-electron chi connectivity index (χ4n) is 3.23. The number of alkyl halides is 1. The van der Waals surface area contributed by atoms with Crippen molar-refractivity contribution in [2.24, 2.45) is 0 Å². The van der Waals surface area contributed by atoms with E-state index in [-0.39, 0.29) is 12.3 Å². The van der Waals surface area contributed by atoms with Crippen LogP contribution in [0.25, 0.3) is 10.9 Å². The first-order chi connectivity index (χ1) is 14.6. The lowest BCUT2D eigenvalue weighted by atomic mass is 10.2. The molecule has 0 aliphatic carbocycles. The Kier molecular flexibility index (Phi) is 7.88. The lowest BCUT2D eigenvalue weighted by Gasteiger charge is -2.12. The van der Waals surface area contributed by atoms with Gasteiger partial charge >= 0.3 is 11.9 Å². The monoisotopic (exact) mass is 429 g/mol. The van der Waals surface area contributed by atoms with E-state index in [2.05, 4.69) is 0 Å². The number of aryl methyl sites for hydroxylation is 1. The topological polar surface area (TPSA) is 77.8 Å². The number of hydrogen-bond donors (Lipinski definition) is 1. The van der Waals surface area contributed by atoms with Gasteiger partial charge in [-0.1, -0.05) is 48.5 Å². The van der Waals surface area contributed by atoms with Crippen molar-refractivity contribution < 1.29 is 24.2 Å². The van der Waals surface area contributed by atoms with E-state index in [1.54, 1.807) is 10.6 Å². The Balaban J connectivity index is 1.40. The molecule has 0 spiro atoms. The smallest absolute Gasteiger partial charge is 0.352 e. The normalized spacial score (nSPS) is 12.0. The molecule has 3 aromatic rings. The van der Waals surface area contributed by atoms with Gasteiger partial charge in [-0.15, -0.1) is 11.6 Å². The molecule has 30 heavy (non-hydrogen) atoms. The Labute approximate surface area is 180 Å². The van der Waals surface area contributed by atoms with Crippen LogP contribution in [0.3, 0.4) is 0 Å². The minimum atomic E-state index is -0.983. The zero-order valence-electron chi connectivity index (χ0n) is 16.5. The van der Waals surface area contributed by atoms with Gasteiger partial charge in [-0.3, -0.25) is 4.79 Å². The molecule has 0 amide bonds. The first-order valence-electron chi connectivity index (χ1n) is 9.80. The predicted octanol–water partition coefficient (Wildman–Crippen LogP) is 4.49. The van der Waals surface area contributed by atoms with Crippen LogP contribution in [0.15, 0.2) is 60.7 Å². The summed E-state index contributed by atoms with van der Waals surface area (Å²) in [6.07, 6.45) is 0.934. The molecule has 3 rings (SSSR count). The summed E-state index contributed by atoms with van der Waals surface area (Å²) in [5.74, 6) is -1.47. The summed E-state index contributed by atoms with van der Waals surface area (Å²) in [4.78, 5) is 23.6. The molecule has 6 nitrogen and oxygen atoms in total. The van der Waals surface area contributed by atoms with Crippen molar-refractivity contribution in [2.75, 3.05) is 13.2 Å². The summed E-state index contributed by atoms with van der Waals surface area (Å²) in [5.41, 5.74) is 2.12. The second-order valence-corrected chi connectivity index (χ2v) is 7.39. The molecule has 7 heteroatoms. The highest BCUT2D eigenvalue weighted by Crippen LogP contribution is 2.21. The summed E-state index contributed by atoms with van der Waals surface area (Å²) in [7, 11) is 0. The molecule has 0 aliphatic heterocycles. The number of rotatable bonds is 11. The fourth-order valence-corrected chi connectivity index (χ4v) is 3.45. The number of para-hydroxylation sites is 1. The summed E-state index contributed by atoms with van der Waals surface area (Å²) in [6, 6.07) is 18.9. The number of carboxylic acids is 1. The molecule has 0 fully saturated rings. The van der Waals surface area contributed by atoms with Crippen molar-refractivity contribution in [3.05, 3.63) is 71.9 Å². The summed E-state index contributed by atoms with van der Waals surface area (Å²) in [6.45, 7) is 1.34. The summed E-state index contributed by atoms with van der Waals surface area (Å²) < 4.78 is 12.4. The SMILES string of the molecule is O=C(O)c1cc2ccccc2n1CCCC(Cl)C(=O)OCCOCc1ccccc1. The number of aromatic carboxylic acids is 1. The van der Waals surface area contributed by atoms with E-state index < -0.39 is 17.3 Å². The highest BCUT2D eigenvalue weighted by atomic mass is 35.5. The summed E-state index contributed by atoms with van der Waals surface area (Å²) >= 11 is 6.16. The number of benzene rings is 2. The predicted molar refractivity (Wildman–Crippen MR) is 115 cm³/mol. The third-order valence-electron chi connectivity index (χ3n) is 4.71. The molecule has 0 radical (unpaired) electrons. The maximum Gasteiger partial charge on any atom is 0.352 e. The third-order valence-corrected chi connectivity index (χ3v) is 5.10. The Bertz CT molecular complexity index is 986. The summed E-state index contributed by atoms with van der Waals surface area (Å²) in [5, 5.41) is 9.53. The average molecular weight is 430 g/mol. The van der Waals surface area contributed by atoms with Gasteiger partial charge in [0.05, 0.1) is 13.2 Å². The van der Waals surface area contributed by atoms with Crippen LogP contribution >= 0.6 is 11.6 Å². The first-order valence-corrected chi connectivity index (χ1v) is 10.2. The molecule has 0 bridgehead atoms. The third kappa shape index (κ3) is 5.84. The van der Waals surface area contributed by atoms with Gasteiger partial charge < -0.3 is 19.1 Å². The molecule has 0 saturated carbocycles. The minimum Gasteiger partial charge on any atom is -0.477 e. The largest absolute Gasteiger partial charge is 0.477 e. The van der Waals surface area contributed by atoms with Gasteiger partial charge in [0.1, 0.15) is 17.7 Å². The number of carbonyl (C=O) groups is 2. The molecule has 1 unspecified atom stereocenters. The van der Waals surface area contributed by atoms with Gasteiger partial charge in [-0.05, 0) is 30.5 Å². The lowest BCUT2D eigenvalue weighted by molar-refractivity contribution is -0.145. The standard InChI is InChI=1S/C23H24ClNO5/c24-19(23(28)30-14-13-29-16-17-7-2-1-3-8-17)10-6-12-25-20-11-5-4-9-18(20)15-21(25)22(26)27/h1-5,7-9,11,15,19H,6,10,12-14,16H2,(H,26,27). The van der Waals surface area contributed by atoms with E-state index in [0.717, 1.165) is 16.5 Å². The zero-order valence-corrected chi connectivity index (χ0v) is 17.3. The van der Waals surface area contributed by atoms with E-state index >= 15 is 0 Å². The van der Waals surface area contributed by atoms with Crippen LogP contribution < -0.4 is 0 Å². The highest BCUT2D eigenvalue weighted by molar-refractivity contribution is 6.29. The van der Waals surface area contributed by atoms with Gasteiger partial charge in [0, 0.05) is 17.4 Å².